The standard InChI is InChI=1S/C19H22N2O5/c1-12(16(17(23)25-5)20-18(24)26-19(2,3)4)21-10-13(11-22)14-8-6-7-9-15(14)21/h6-11H,1-5H3,(H,20,24)/b16-12+. The van der Waals surface area contributed by atoms with E-state index in [2.05, 4.69) is 5.32 Å². The number of carbonyl (C=O) groups is 3. The first-order valence-electron chi connectivity index (χ1n) is 8.02. The minimum absolute atomic E-state index is 0.0695. The van der Waals surface area contributed by atoms with Crippen LogP contribution in [0.1, 0.15) is 38.1 Å². The number of allylic oxidation sites excluding steroid dienone is 1. The van der Waals surface area contributed by atoms with Crippen molar-refractivity contribution < 1.29 is 23.9 Å². The first kappa shape index (κ1) is 19.2. The molecule has 1 heterocycles. The fourth-order valence-corrected chi connectivity index (χ4v) is 2.49. The number of ether oxygens (including phenoxy) is 2. The van der Waals surface area contributed by atoms with Crippen LogP contribution in [0.5, 0.6) is 0 Å². The Balaban J connectivity index is 2.55. The van der Waals surface area contributed by atoms with E-state index in [1.807, 2.05) is 24.3 Å². The zero-order valence-corrected chi connectivity index (χ0v) is 15.5. The third-order valence-electron chi connectivity index (χ3n) is 3.61. The van der Waals surface area contributed by atoms with Crippen molar-refractivity contribution in [1.29, 1.82) is 0 Å². The molecule has 138 valence electrons. The number of rotatable bonds is 4. The number of benzene rings is 1. The Morgan fingerprint density at radius 1 is 1.19 bits per heavy atom. The van der Waals surface area contributed by atoms with Crippen LogP contribution in [0.15, 0.2) is 36.2 Å². The number of methoxy groups -OCH3 is 1. The Kier molecular flexibility index (Phi) is 5.50. The molecule has 0 saturated carbocycles. The second-order valence-corrected chi connectivity index (χ2v) is 6.67. The zero-order valence-electron chi connectivity index (χ0n) is 15.5. The first-order chi connectivity index (χ1) is 12.2. The van der Waals surface area contributed by atoms with Gasteiger partial charge in [-0.1, -0.05) is 18.2 Å². The van der Waals surface area contributed by atoms with E-state index >= 15 is 0 Å². The maximum Gasteiger partial charge on any atom is 0.412 e. The Hall–Kier alpha value is -3.09. The summed E-state index contributed by atoms with van der Waals surface area (Å²) in [6.07, 6.45) is 1.57. The Labute approximate surface area is 151 Å². The molecule has 0 fully saturated rings. The van der Waals surface area contributed by atoms with Gasteiger partial charge < -0.3 is 14.0 Å². The molecule has 26 heavy (non-hydrogen) atoms. The highest BCUT2D eigenvalue weighted by Crippen LogP contribution is 2.24. The van der Waals surface area contributed by atoms with Crippen LogP contribution < -0.4 is 5.32 Å². The van der Waals surface area contributed by atoms with Gasteiger partial charge in [-0.15, -0.1) is 0 Å². The molecule has 0 radical (unpaired) electrons. The lowest BCUT2D eigenvalue weighted by Crippen LogP contribution is -2.35. The molecule has 0 spiro atoms. The molecule has 0 aliphatic rings. The third-order valence-corrected chi connectivity index (χ3v) is 3.61. The topological polar surface area (TPSA) is 86.6 Å². The lowest BCUT2D eigenvalue weighted by molar-refractivity contribution is -0.136. The second-order valence-electron chi connectivity index (χ2n) is 6.67. The summed E-state index contributed by atoms with van der Waals surface area (Å²) in [5.41, 5.74) is 0.803. The number of hydrogen-bond donors (Lipinski definition) is 1. The van der Waals surface area contributed by atoms with Gasteiger partial charge in [0.25, 0.3) is 0 Å². The maximum absolute atomic E-state index is 12.2. The van der Waals surface area contributed by atoms with E-state index in [-0.39, 0.29) is 5.70 Å². The summed E-state index contributed by atoms with van der Waals surface area (Å²) >= 11 is 0. The maximum atomic E-state index is 12.2. The second kappa shape index (κ2) is 7.43. The van der Waals surface area contributed by atoms with Crippen molar-refractivity contribution in [2.45, 2.75) is 33.3 Å². The molecule has 1 aromatic heterocycles. The van der Waals surface area contributed by atoms with Gasteiger partial charge in [0.1, 0.15) is 11.3 Å². The lowest BCUT2D eigenvalue weighted by Gasteiger charge is -2.21. The van der Waals surface area contributed by atoms with E-state index in [1.165, 1.54) is 7.11 Å². The average Bonchev–Trinajstić information content (AvgIpc) is 2.95. The number of aromatic nitrogens is 1. The van der Waals surface area contributed by atoms with Gasteiger partial charge >= 0.3 is 12.1 Å². The molecule has 0 unspecified atom stereocenters. The monoisotopic (exact) mass is 358 g/mol. The van der Waals surface area contributed by atoms with E-state index in [1.54, 1.807) is 38.5 Å². The van der Waals surface area contributed by atoms with Gasteiger partial charge in [-0.2, -0.15) is 0 Å². The van der Waals surface area contributed by atoms with Gasteiger partial charge in [-0.05, 0) is 33.8 Å². The van der Waals surface area contributed by atoms with Crippen molar-refractivity contribution in [3.8, 4) is 0 Å². The number of aldehydes is 1. The summed E-state index contributed by atoms with van der Waals surface area (Å²) in [7, 11) is 1.22. The predicted octanol–water partition coefficient (Wildman–Crippen LogP) is 3.34. The Bertz CT molecular complexity index is 887. The highest BCUT2D eigenvalue weighted by molar-refractivity contribution is 6.02. The molecule has 0 aliphatic carbocycles. The van der Waals surface area contributed by atoms with Crippen LogP contribution in [-0.4, -0.2) is 35.6 Å². The molecule has 0 atom stereocenters. The van der Waals surface area contributed by atoms with Crippen LogP contribution in [-0.2, 0) is 14.3 Å². The molecule has 1 N–H and O–H groups in total. The summed E-state index contributed by atoms with van der Waals surface area (Å²) in [5.74, 6) is -0.723. The molecule has 2 rings (SSSR count). The number of fused-ring (bicyclic) bond motifs is 1. The molecule has 7 heteroatoms. The lowest BCUT2D eigenvalue weighted by atomic mass is 10.2. The summed E-state index contributed by atoms with van der Waals surface area (Å²) in [6.45, 7) is 6.80. The quantitative estimate of drug-likeness (QED) is 0.515. The molecular weight excluding hydrogens is 336 g/mol. The van der Waals surface area contributed by atoms with E-state index in [0.29, 0.717) is 11.3 Å². The number of alkyl carbamates (subject to hydrolysis) is 1. The number of para-hydroxylation sites is 1. The van der Waals surface area contributed by atoms with Gasteiger partial charge in [-0.25, -0.2) is 9.59 Å². The molecule has 1 amide bonds. The van der Waals surface area contributed by atoms with Gasteiger partial charge in [0, 0.05) is 17.1 Å². The van der Waals surface area contributed by atoms with Crippen LogP contribution in [0.3, 0.4) is 0 Å². The molecule has 7 nitrogen and oxygen atoms in total. The van der Waals surface area contributed by atoms with Crippen molar-refractivity contribution in [2.75, 3.05) is 7.11 Å². The highest BCUT2D eigenvalue weighted by atomic mass is 16.6. The molecule has 1 aromatic carbocycles. The van der Waals surface area contributed by atoms with Crippen molar-refractivity contribution in [1.82, 2.24) is 9.88 Å². The Morgan fingerprint density at radius 2 is 1.85 bits per heavy atom. The Morgan fingerprint density at radius 3 is 2.42 bits per heavy atom. The van der Waals surface area contributed by atoms with Crippen molar-refractivity contribution in [2.24, 2.45) is 0 Å². The normalized spacial score (nSPS) is 12.3. The number of hydrogen-bond acceptors (Lipinski definition) is 5. The first-order valence-corrected chi connectivity index (χ1v) is 8.02. The van der Waals surface area contributed by atoms with Gasteiger partial charge in [-0.3, -0.25) is 10.1 Å². The largest absolute Gasteiger partial charge is 0.464 e. The smallest absolute Gasteiger partial charge is 0.412 e. The van der Waals surface area contributed by atoms with Crippen molar-refractivity contribution in [3.63, 3.8) is 0 Å². The van der Waals surface area contributed by atoms with Gasteiger partial charge in [0.05, 0.1) is 18.3 Å². The molecule has 0 aliphatic heterocycles. The van der Waals surface area contributed by atoms with E-state index < -0.39 is 17.7 Å². The van der Waals surface area contributed by atoms with Gasteiger partial charge in [0.15, 0.2) is 6.29 Å². The summed E-state index contributed by atoms with van der Waals surface area (Å²) in [5, 5.41) is 3.19. The number of carbonyl (C=O) groups excluding carboxylic acids is 3. The number of amides is 1. The summed E-state index contributed by atoms with van der Waals surface area (Å²) in [6, 6.07) is 7.26. The highest BCUT2D eigenvalue weighted by Gasteiger charge is 2.23. The number of nitrogens with one attached hydrogen (secondary N) is 1. The molecule has 2 aromatic rings. The number of esters is 1. The van der Waals surface area contributed by atoms with Gasteiger partial charge in [0.2, 0.25) is 0 Å². The van der Waals surface area contributed by atoms with Crippen LogP contribution in [0.2, 0.25) is 0 Å². The molecule has 0 bridgehead atoms. The van der Waals surface area contributed by atoms with E-state index in [0.717, 1.165) is 17.2 Å². The predicted molar refractivity (Wildman–Crippen MR) is 97.6 cm³/mol. The average molecular weight is 358 g/mol. The van der Waals surface area contributed by atoms with Crippen LogP contribution in [0.4, 0.5) is 4.79 Å². The fraction of sp³-hybridized carbons (Fsp3) is 0.316. The molecular formula is C19H22N2O5. The molecule has 0 saturated heterocycles. The van der Waals surface area contributed by atoms with Crippen LogP contribution in [0, 0.1) is 0 Å². The third kappa shape index (κ3) is 4.11. The van der Waals surface area contributed by atoms with Crippen molar-refractivity contribution in [3.05, 3.63) is 41.7 Å². The van der Waals surface area contributed by atoms with E-state index in [4.69, 9.17) is 9.47 Å². The van der Waals surface area contributed by atoms with Crippen LogP contribution in [0.25, 0.3) is 16.6 Å². The van der Waals surface area contributed by atoms with Crippen LogP contribution >= 0.6 is 0 Å². The van der Waals surface area contributed by atoms with E-state index in [9.17, 15) is 14.4 Å². The fourth-order valence-electron chi connectivity index (χ4n) is 2.49. The number of nitrogens with zero attached hydrogens (tertiary/aromatic N) is 1. The minimum atomic E-state index is -0.774. The van der Waals surface area contributed by atoms with Crippen molar-refractivity contribution >= 4 is 34.9 Å². The summed E-state index contributed by atoms with van der Waals surface area (Å²) in [4.78, 5) is 35.7. The zero-order chi connectivity index (χ0) is 19.5. The minimum Gasteiger partial charge on any atom is -0.464 e. The SMILES string of the molecule is COC(=O)/C(NC(=O)OC(C)(C)C)=C(/C)n1cc(C=O)c2ccccc21. The summed E-state index contributed by atoms with van der Waals surface area (Å²) < 4.78 is 11.6.